The topological polar surface area (TPSA) is 144 Å². The summed E-state index contributed by atoms with van der Waals surface area (Å²) in [6.07, 6.45) is 8.55. The van der Waals surface area contributed by atoms with Gasteiger partial charge in [-0.3, -0.25) is 14.9 Å². The number of carbonyl (C=O) groups excluding carboxylic acids is 1. The number of para-hydroxylation sites is 1. The van der Waals surface area contributed by atoms with Crippen LogP contribution in [0.4, 0.5) is 15.6 Å². The second-order valence-corrected chi connectivity index (χ2v) is 18.1. The number of ether oxygens (including phenoxy) is 2. The number of carbonyl (C=O) groups is 2. The number of nitrogens with one attached hydrogen (secondary N) is 2. The highest BCUT2D eigenvalue weighted by Gasteiger charge is 2.66. The van der Waals surface area contributed by atoms with Gasteiger partial charge in [0.1, 0.15) is 12.4 Å². The fraction of sp³-hybridized carbons (Fsp3) is 0.452. The van der Waals surface area contributed by atoms with E-state index in [0.29, 0.717) is 53.1 Å². The smallest absolute Gasteiger partial charge is 0.355 e. The SMILES string of the molecule is CNCCOC12CC3(C)CC(C)(CC(Cn4ncc(-c5ccc(-c6ccc7c(c6)N(C(=O)Nc6nc8ccccc8s6)CCO7)nc5C(=O)O)c4C)(C3)C1)C2. The fourth-order valence-corrected chi connectivity index (χ4v) is 12.2. The summed E-state index contributed by atoms with van der Waals surface area (Å²) in [5, 5.41) is 22.1. The molecule has 13 heteroatoms. The molecule has 5 aromatic rings. The van der Waals surface area contributed by atoms with Gasteiger partial charge in [-0.1, -0.05) is 37.3 Å². The molecule has 0 spiro atoms. The number of hydrogen-bond donors (Lipinski definition) is 3. The van der Waals surface area contributed by atoms with Gasteiger partial charge in [0.05, 0.1) is 46.5 Å². The minimum absolute atomic E-state index is 0.0498. The Labute approximate surface area is 324 Å². The first-order valence-electron chi connectivity index (χ1n) is 19.1. The van der Waals surface area contributed by atoms with Gasteiger partial charge >= 0.3 is 12.0 Å². The molecule has 4 fully saturated rings. The molecule has 2 aromatic carbocycles. The summed E-state index contributed by atoms with van der Waals surface area (Å²) < 4.78 is 15.7. The zero-order valence-electron chi connectivity index (χ0n) is 31.8. The zero-order valence-corrected chi connectivity index (χ0v) is 32.6. The second-order valence-electron chi connectivity index (χ2n) is 17.1. The third kappa shape index (κ3) is 6.45. The Morgan fingerprint density at radius 2 is 1.78 bits per heavy atom. The molecule has 0 radical (unpaired) electrons. The molecule has 4 bridgehead atoms. The van der Waals surface area contributed by atoms with E-state index in [1.54, 1.807) is 17.2 Å². The van der Waals surface area contributed by atoms with E-state index in [1.807, 2.05) is 62.5 Å². The molecule has 0 saturated heterocycles. The molecule has 10 rings (SSSR count). The largest absolute Gasteiger partial charge is 0.490 e. The van der Waals surface area contributed by atoms with Crippen LogP contribution in [0, 0.1) is 23.2 Å². The molecule has 4 heterocycles. The average Bonchev–Trinajstić information content (AvgIpc) is 3.71. The molecule has 4 aliphatic carbocycles. The van der Waals surface area contributed by atoms with Gasteiger partial charge < -0.3 is 19.9 Å². The van der Waals surface area contributed by atoms with E-state index < -0.39 is 5.97 Å². The normalized spacial score (nSPS) is 26.6. The number of aromatic carboxylic acids is 1. The summed E-state index contributed by atoms with van der Waals surface area (Å²) in [5.41, 5.74) is 5.09. The molecule has 2 unspecified atom stereocenters. The van der Waals surface area contributed by atoms with Crippen molar-refractivity contribution in [3.05, 3.63) is 72.2 Å². The number of rotatable bonds is 10. The molecular formula is C42H47N7O5S. The Morgan fingerprint density at radius 1 is 0.982 bits per heavy atom. The summed E-state index contributed by atoms with van der Waals surface area (Å²) in [4.78, 5) is 37.3. The van der Waals surface area contributed by atoms with Crippen LogP contribution < -0.4 is 20.3 Å². The number of anilines is 2. The molecule has 2 amide bonds. The highest BCUT2D eigenvalue weighted by atomic mass is 32.1. The molecule has 2 atom stereocenters. The van der Waals surface area contributed by atoms with E-state index in [-0.39, 0.29) is 33.6 Å². The first-order valence-corrected chi connectivity index (χ1v) is 20.0. The van der Waals surface area contributed by atoms with E-state index in [0.717, 1.165) is 66.7 Å². The Hall–Kier alpha value is -4.85. The van der Waals surface area contributed by atoms with Gasteiger partial charge in [0, 0.05) is 35.5 Å². The number of aromatic nitrogens is 4. The van der Waals surface area contributed by atoms with E-state index in [4.69, 9.17) is 19.6 Å². The molecule has 3 aromatic heterocycles. The molecule has 286 valence electrons. The van der Waals surface area contributed by atoms with Crippen LogP contribution in [-0.2, 0) is 11.3 Å². The van der Waals surface area contributed by atoms with Gasteiger partial charge in [-0.15, -0.1) is 0 Å². The highest BCUT2D eigenvalue weighted by Crippen LogP contribution is 2.72. The predicted octanol–water partition coefficient (Wildman–Crippen LogP) is 8.01. The van der Waals surface area contributed by atoms with Gasteiger partial charge in [0.15, 0.2) is 10.8 Å². The van der Waals surface area contributed by atoms with Gasteiger partial charge in [0.2, 0.25) is 0 Å². The van der Waals surface area contributed by atoms with Crippen molar-refractivity contribution in [3.63, 3.8) is 0 Å². The third-order valence-corrected chi connectivity index (χ3v) is 13.2. The van der Waals surface area contributed by atoms with Crippen LogP contribution >= 0.6 is 11.3 Å². The van der Waals surface area contributed by atoms with Crippen molar-refractivity contribution in [2.75, 3.05) is 43.6 Å². The van der Waals surface area contributed by atoms with Gasteiger partial charge in [0.25, 0.3) is 0 Å². The van der Waals surface area contributed by atoms with E-state index in [1.165, 1.54) is 17.8 Å². The van der Waals surface area contributed by atoms with E-state index >= 15 is 0 Å². The number of carboxylic acid groups (broad SMARTS) is 1. The maximum Gasteiger partial charge on any atom is 0.355 e. The Morgan fingerprint density at radius 3 is 2.55 bits per heavy atom. The lowest BCUT2D eigenvalue weighted by Crippen LogP contribution is -2.64. The van der Waals surface area contributed by atoms with Crippen molar-refractivity contribution in [1.82, 2.24) is 25.1 Å². The van der Waals surface area contributed by atoms with Crippen molar-refractivity contribution >= 4 is 44.4 Å². The fourth-order valence-electron chi connectivity index (χ4n) is 11.4. The monoisotopic (exact) mass is 761 g/mol. The van der Waals surface area contributed by atoms with Crippen LogP contribution in [0.3, 0.4) is 0 Å². The summed E-state index contributed by atoms with van der Waals surface area (Å²) in [7, 11) is 1.97. The van der Waals surface area contributed by atoms with Crippen LogP contribution in [0.15, 0.2) is 60.8 Å². The molecule has 55 heavy (non-hydrogen) atoms. The van der Waals surface area contributed by atoms with Crippen molar-refractivity contribution in [3.8, 4) is 28.1 Å². The van der Waals surface area contributed by atoms with Crippen LogP contribution in [-0.4, -0.2) is 75.8 Å². The molecule has 1 aliphatic heterocycles. The quantitative estimate of drug-likeness (QED) is 0.121. The standard InChI is InChI=1S/C42H47N7O5S/c1-26-29(18-44-49(26)25-41-20-39(2)19-40(3,21-41)23-42(22-39,24-41)54-15-13-43-4)28-10-11-30(45-35(28)36(50)51)27-9-12-33-32(17-27)48(14-16-53-33)38(52)47-37-46-31-7-5-6-8-34(31)55-37/h5-12,17-18,43H,13-16,19-25H2,1-4H3,(H,50,51)(H,46,47,52). The van der Waals surface area contributed by atoms with Crippen molar-refractivity contribution in [2.24, 2.45) is 16.2 Å². The molecular weight excluding hydrogens is 715 g/mol. The Bertz CT molecular complexity index is 2280. The molecule has 5 aliphatic rings. The number of carboxylic acids is 1. The van der Waals surface area contributed by atoms with Crippen molar-refractivity contribution < 1.29 is 24.2 Å². The first kappa shape index (κ1) is 35.8. The van der Waals surface area contributed by atoms with Gasteiger partial charge in [-0.05, 0) is 111 Å². The number of pyridine rings is 1. The number of hydrogen-bond acceptors (Lipinski definition) is 9. The number of likely N-dealkylation sites (N-methyl/N-ethyl adjacent to an activating group) is 1. The maximum absolute atomic E-state index is 13.6. The van der Waals surface area contributed by atoms with Crippen LogP contribution in [0.5, 0.6) is 5.75 Å². The molecule has 12 nitrogen and oxygen atoms in total. The predicted molar refractivity (Wildman–Crippen MR) is 213 cm³/mol. The summed E-state index contributed by atoms with van der Waals surface area (Å²) in [5.74, 6) is -0.560. The Balaban J connectivity index is 0.985. The number of urea groups is 1. The number of nitrogens with zero attached hydrogens (tertiary/aromatic N) is 5. The number of amides is 2. The lowest BCUT2D eigenvalue weighted by atomic mass is 9.39. The van der Waals surface area contributed by atoms with Crippen LogP contribution in [0.25, 0.3) is 32.6 Å². The second kappa shape index (κ2) is 13.1. The number of thiazole rings is 1. The van der Waals surface area contributed by atoms with Crippen molar-refractivity contribution in [1.29, 1.82) is 0 Å². The lowest BCUT2D eigenvalue weighted by molar-refractivity contribution is -0.247. The molecule has 4 saturated carbocycles. The number of benzene rings is 2. The maximum atomic E-state index is 13.6. The zero-order chi connectivity index (χ0) is 38.2. The minimum atomic E-state index is -1.12. The van der Waals surface area contributed by atoms with Gasteiger partial charge in [-0.2, -0.15) is 5.10 Å². The first-order chi connectivity index (χ1) is 26.4. The number of fused-ring (bicyclic) bond motifs is 2. The third-order valence-electron chi connectivity index (χ3n) is 12.3. The highest BCUT2D eigenvalue weighted by molar-refractivity contribution is 7.22. The van der Waals surface area contributed by atoms with Gasteiger partial charge in [-0.25, -0.2) is 19.6 Å². The molecule has 3 N–H and O–H groups in total. The van der Waals surface area contributed by atoms with E-state index in [2.05, 4.69) is 34.1 Å². The van der Waals surface area contributed by atoms with Crippen LogP contribution in [0.2, 0.25) is 0 Å². The summed E-state index contributed by atoms with van der Waals surface area (Å²) >= 11 is 1.41. The average molecular weight is 762 g/mol. The summed E-state index contributed by atoms with van der Waals surface area (Å²) in [6, 6.07) is 16.5. The lowest BCUT2D eigenvalue weighted by Gasteiger charge is -2.69. The van der Waals surface area contributed by atoms with Crippen molar-refractivity contribution in [2.45, 2.75) is 71.4 Å². The van der Waals surface area contributed by atoms with E-state index in [9.17, 15) is 14.7 Å². The summed E-state index contributed by atoms with van der Waals surface area (Å²) in [6.45, 7) is 9.94. The Kier molecular flexibility index (Phi) is 8.55. The van der Waals surface area contributed by atoms with Crippen LogP contribution in [0.1, 0.15) is 68.6 Å². The minimum Gasteiger partial charge on any atom is -0.490 e.